The number of hydrogen-bond acceptors (Lipinski definition) is 3. The van der Waals surface area contributed by atoms with Gasteiger partial charge in [0.1, 0.15) is 5.82 Å². The summed E-state index contributed by atoms with van der Waals surface area (Å²) in [7, 11) is 0. The minimum absolute atomic E-state index is 0.0874. The highest BCUT2D eigenvalue weighted by Gasteiger charge is 2.10. The van der Waals surface area contributed by atoms with Gasteiger partial charge in [0.25, 0.3) is 0 Å². The molecule has 0 aliphatic rings. The van der Waals surface area contributed by atoms with Crippen molar-refractivity contribution in [1.29, 1.82) is 0 Å². The Hall–Kier alpha value is -1.46. The van der Waals surface area contributed by atoms with Crippen LogP contribution in [0.15, 0.2) is 24.4 Å². The average Bonchev–Trinajstić information content (AvgIpc) is 2.83. The maximum absolute atomic E-state index is 13.0. The van der Waals surface area contributed by atoms with Gasteiger partial charge in [-0.25, -0.2) is 9.07 Å². The lowest BCUT2D eigenvalue weighted by Crippen LogP contribution is -2.10. The number of aromatic nitrogens is 3. The summed E-state index contributed by atoms with van der Waals surface area (Å²) in [4.78, 5) is 0. The lowest BCUT2D eigenvalue weighted by molar-refractivity contribution is 0.616. The van der Waals surface area contributed by atoms with E-state index in [9.17, 15) is 4.39 Å². The Balaban J connectivity index is 2.09. The van der Waals surface area contributed by atoms with Gasteiger partial charge in [-0.05, 0) is 24.1 Å². The zero-order valence-electron chi connectivity index (χ0n) is 10.7. The Labute approximate surface area is 116 Å². The summed E-state index contributed by atoms with van der Waals surface area (Å²) in [5.41, 5.74) is 7.61. The van der Waals surface area contributed by atoms with Crippen LogP contribution in [0.5, 0.6) is 0 Å². The summed E-state index contributed by atoms with van der Waals surface area (Å²) in [6.45, 7) is 2.57. The topological polar surface area (TPSA) is 56.7 Å². The molecule has 0 aliphatic carbocycles. The van der Waals surface area contributed by atoms with Gasteiger partial charge < -0.3 is 5.73 Å². The quantitative estimate of drug-likeness (QED) is 0.917. The average molecular weight is 283 g/mol. The fourth-order valence-electron chi connectivity index (χ4n) is 1.84. The molecule has 102 valence electrons. The van der Waals surface area contributed by atoms with Gasteiger partial charge in [-0.2, -0.15) is 0 Å². The molecule has 1 aromatic heterocycles. The van der Waals surface area contributed by atoms with Crippen molar-refractivity contribution in [3.05, 3.63) is 46.5 Å². The van der Waals surface area contributed by atoms with E-state index < -0.39 is 5.82 Å². The third kappa shape index (κ3) is 3.52. The second-order valence-corrected chi connectivity index (χ2v) is 4.89. The predicted octanol–water partition coefficient (Wildman–Crippen LogP) is 2.92. The number of nitrogens with two attached hydrogens (primary N) is 1. The second-order valence-electron chi connectivity index (χ2n) is 4.48. The Morgan fingerprint density at radius 2 is 2.26 bits per heavy atom. The van der Waals surface area contributed by atoms with Crippen LogP contribution in [-0.4, -0.2) is 15.0 Å². The molecule has 19 heavy (non-hydrogen) atoms. The Morgan fingerprint density at radius 3 is 2.95 bits per heavy atom. The molecule has 2 aromatic rings. The molecule has 1 heterocycles. The first kappa shape index (κ1) is 14.0. The molecule has 0 amide bonds. The highest BCUT2D eigenvalue weighted by atomic mass is 35.5. The predicted molar refractivity (Wildman–Crippen MR) is 72.4 cm³/mol. The fourth-order valence-corrected chi connectivity index (χ4v) is 2.05. The van der Waals surface area contributed by atoms with Crippen molar-refractivity contribution in [3.8, 4) is 0 Å². The van der Waals surface area contributed by atoms with Crippen molar-refractivity contribution >= 4 is 11.6 Å². The Kier molecular flexibility index (Phi) is 4.50. The van der Waals surface area contributed by atoms with Crippen LogP contribution in [0.3, 0.4) is 0 Å². The molecule has 1 atom stereocenters. The van der Waals surface area contributed by atoms with Crippen LogP contribution in [0, 0.1) is 5.82 Å². The number of rotatable bonds is 5. The van der Waals surface area contributed by atoms with Crippen molar-refractivity contribution in [2.24, 2.45) is 5.73 Å². The van der Waals surface area contributed by atoms with Crippen LogP contribution in [-0.2, 0) is 6.54 Å². The van der Waals surface area contributed by atoms with Gasteiger partial charge in [0, 0.05) is 0 Å². The van der Waals surface area contributed by atoms with Crippen LogP contribution in [0.2, 0.25) is 5.02 Å². The first-order chi connectivity index (χ1) is 9.10. The molecule has 0 spiro atoms. The van der Waals surface area contributed by atoms with Crippen LogP contribution in [0.4, 0.5) is 4.39 Å². The minimum atomic E-state index is -0.422. The van der Waals surface area contributed by atoms with E-state index >= 15 is 0 Å². The standard InChI is InChI=1S/C13H16ClFN4/c1-2-3-12(16)13-8-19(18-17-13)7-9-4-5-11(15)10(14)6-9/h4-6,8,12H,2-3,7,16H2,1H3. The monoisotopic (exact) mass is 282 g/mol. The van der Waals surface area contributed by atoms with E-state index in [1.54, 1.807) is 16.8 Å². The van der Waals surface area contributed by atoms with E-state index in [4.69, 9.17) is 17.3 Å². The third-order valence-electron chi connectivity index (χ3n) is 2.86. The van der Waals surface area contributed by atoms with Crippen molar-refractivity contribution in [1.82, 2.24) is 15.0 Å². The van der Waals surface area contributed by atoms with Gasteiger partial charge in [0.05, 0.1) is 29.5 Å². The summed E-state index contributed by atoms with van der Waals surface area (Å²) < 4.78 is 14.7. The highest BCUT2D eigenvalue weighted by Crippen LogP contribution is 2.17. The number of benzene rings is 1. The van der Waals surface area contributed by atoms with E-state index in [1.165, 1.54) is 6.07 Å². The largest absolute Gasteiger partial charge is 0.323 e. The molecular formula is C13H16ClFN4. The van der Waals surface area contributed by atoms with Crippen molar-refractivity contribution in [3.63, 3.8) is 0 Å². The molecule has 2 N–H and O–H groups in total. The zero-order valence-corrected chi connectivity index (χ0v) is 11.4. The third-order valence-corrected chi connectivity index (χ3v) is 3.15. The first-order valence-corrected chi connectivity index (χ1v) is 6.57. The van der Waals surface area contributed by atoms with Crippen LogP contribution in [0.1, 0.15) is 37.1 Å². The lowest BCUT2D eigenvalue weighted by Gasteiger charge is -2.05. The van der Waals surface area contributed by atoms with Gasteiger partial charge >= 0.3 is 0 Å². The smallest absolute Gasteiger partial charge is 0.141 e. The van der Waals surface area contributed by atoms with E-state index in [-0.39, 0.29) is 11.1 Å². The van der Waals surface area contributed by atoms with Gasteiger partial charge in [-0.3, -0.25) is 0 Å². The van der Waals surface area contributed by atoms with Crippen LogP contribution in [0.25, 0.3) is 0 Å². The molecular weight excluding hydrogens is 267 g/mol. The summed E-state index contributed by atoms with van der Waals surface area (Å²) in [6, 6.07) is 4.52. The SMILES string of the molecule is CCCC(N)c1cn(Cc2ccc(F)c(Cl)c2)nn1. The maximum atomic E-state index is 13.0. The summed E-state index contributed by atoms with van der Waals surface area (Å²) in [5.74, 6) is -0.422. The Bertz CT molecular complexity index is 555. The van der Waals surface area contributed by atoms with E-state index in [0.29, 0.717) is 6.54 Å². The number of hydrogen-bond donors (Lipinski definition) is 1. The molecule has 1 unspecified atom stereocenters. The summed E-state index contributed by atoms with van der Waals surface area (Å²) >= 11 is 5.74. The fraction of sp³-hybridized carbons (Fsp3) is 0.385. The molecule has 0 saturated heterocycles. The van der Waals surface area contributed by atoms with Crippen LogP contribution >= 0.6 is 11.6 Å². The second kappa shape index (κ2) is 6.12. The van der Waals surface area contributed by atoms with Crippen molar-refractivity contribution in [2.75, 3.05) is 0 Å². The molecule has 0 aliphatic heterocycles. The molecule has 2 rings (SSSR count). The highest BCUT2D eigenvalue weighted by molar-refractivity contribution is 6.30. The maximum Gasteiger partial charge on any atom is 0.141 e. The van der Waals surface area contributed by atoms with Crippen molar-refractivity contribution in [2.45, 2.75) is 32.4 Å². The van der Waals surface area contributed by atoms with E-state index in [2.05, 4.69) is 17.2 Å². The molecule has 0 saturated carbocycles. The minimum Gasteiger partial charge on any atom is -0.323 e. The van der Waals surface area contributed by atoms with Crippen LogP contribution < -0.4 is 5.73 Å². The molecule has 0 bridgehead atoms. The number of nitrogens with zero attached hydrogens (tertiary/aromatic N) is 3. The molecule has 6 heteroatoms. The van der Waals surface area contributed by atoms with Gasteiger partial charge in [0.15, 0.2) is 0 Å². The first-order valence-electron chi connectivity index (χ1n) is 6.19. The molecule has 0 radical (unpaired) electrons. The zero-order chi connectivity index (χ0) is 13.8. The molecule has 0 fully saturated rings. The molecule has 4 nitrogen and oxygen atoms in total. The van der Waals surface area contributed by atoms with Gasteiger partial charge in [-0.1, -0.05) is 36.2 Å². The van der Waals surface area contributed by atoms with E-state index in [0.717, 1.165) is 24.1 Å². The van der Waals surface area contributed by atoms with Gasteiger partial charge in [-0.15, -0.1) is 5.10 Å². The normalized spacial score (nSPS) is 12.6. The van der Waals surface area contributed by atoms with Crippen molar-refractivity contribution < 1.29 is 4.39 Å². The molecule has 1 aromatic carbocycles. The van der Waals surface area contributed by atoms with E-state index in [1.807, 2.05) is 6.20 Å². The summed E-state index contributed by atoms with van der Waals surface area (Å²) in [6.07, 6.45) is 3.69. The number of halogens is 2. The lowest BCUT2D eigenvalue weighted by atomic mass is 10.1. The summed E-state index contributed by atoms with van der Waals surface area (Å²) in [5, 5.41) is 8.18. The van der Waals surface area contributed by atoms with Gasteiger partial charge in [0.2, 0.25) is 0 Å². The Morgan fingerprint density at radius 1 is 1.47 bits per heavy atom.